The molecule has 0 aliphatic heterocycles. The first kappa shape index (κ1) is 8.55. The molecule has 1 heterocycles. The maximum atomic E-state index is 5.41. The van der Waals surface area contributed by atoms with E-state index in [1.165, 1.54) is 0 Å². The number of nitrogens with zero attached hydrogens (tertiary/aromatic N) is 2. The molecule has 0 amide bonds. The van der Waals surface area contributed by atoms with Crippen LogP contribution < -0.4 is 11.1 Å². The molecular weight excluding hydrogens is 178 g/mol. The number of nitrogen functional groups attached to an aromatic ring is 1. The molecule has 0 fully saturated rings. The average Bonchev–Trinajstić information content (AvgIpc) is 2.65. The van der Waals surface area contributed by atoms with Crippen molar-refractivity contribution in [1.29, 1.82) is 0 Å². The predicted molar refractivity (Wildman–Crippen MR) is 55.8 cm³/mol. The van der Waals surface area contributed by atoms with E-state index in [1.54, 1.807) is 0 Å². The fourth-order valence-electron chi connectivity index (χ4n) is 1.20. The van der Waals surface area contributed by atoms with E-state index in [1.807, 2.05) is 31.3 Å². The van der Waals surface area contributed by atoms with Crippen LogP contribution in [0.2, 0.25) is 0 Å². The maximum Gasteiger partial charge on any atom is 0.239 e. The predicted octanol–water partition coefficient (Wildman–Crippen LogP) is 1.10. The lowest BCUT2D eigenvalue weighted by atomic mass is 10.2. The molecule has 5 heteroatoms. The van der Waals surface area contributed by atoms with Crippen LogP contribution in [0, 0.1) is 0 Å². The number of aromatic amines is 1. The van der Waals surface area contributed by atoms with Crippen LogP contribution in [0.4, 0.5) is 11.6 Å². The Balaban J connectivity index is 2.33. The van der Waals surface area contributed by atoms with Gasteiger partial charge in [-0.3, -0.25) is 5.10 Å². The lowest BCUT2D eigenvalue weighted by molar-refractivity contribution is 1.10. The van der Waals surface area contributed by atoms with E-state index in [2.05, 4.69) is 20.5 Å². The van der Waals surface area contributed by atoms with Gasteiger partial charge in [0.1, 0.15) is 0 Å². The van der Waals surface area contributed by atoms with Gasteiger partial charge >= 0.3 is 0 Å². The summed E-state index contributed by atoms with van der Waals surface area (Å²) in [5.74, 6) is 0.947. The summed E-state index contributed by atoms with van der Waals surface area (Å²) in [5, 5.41) is 9.55. The van der Waals surface area contributed by atoms with Gasteiger partial charge in [0.05, 0.1) is 0 Å². The smallest absolute Gasteiger partial charge is 0.239 e. The van der Waals surface area contributed by atoms with Gasteiger partial charge in [-0.15, -0.1) is 5.10 Å². The SMILES string of the molecule is CNc1ccc(-c2nc(N)n[nH]2)cc1. The molecule has 0 radical (unpaired) electrons. The fourth-order valence-corrected chi connectivity index (χ4v) is 1.20. The zero-order valence-corrected chi connectivity index (χ0v) is 7.78. The first-order valence-corrected chi connectivity index (χ1v) is 4.25. The second-order valence-electron chi connectivity index (χ2n) is 2.87. The number of rotatable bonds is 2. The lowest BCUT2D eigenvalue weighted by Crippen LogP contribution is -1.88. The van der Waals surface area contributed by atoms with Crippen molar-refractivity contribution in [3.63, 3.8) is 0 Å². The van der Waals surface area contributed by atoms with Crippen LogP contribution in [0.25, 0.3) is 11.4 Å². The highest BCUT2D eigenvalue weighted by molar-refractivity contribution is 5.60. The highest BCUT2D eigenvalue weighted by atomic mass is 15.3. The number of aromatic nitrogens is 3. The molecule has 2 aromatic rings. The van der Waals surface area contributed by atoms with Crippen LogP contribution in [-0.2, 0) is 0 Å². The summed E-state index contributed by atoms with van der Waals surface area (Å²) in [6, 6.07) is 7.83. The van der Waals surface area contributed by atoms with Gasteiger partial charge in [0.25, 0.3) is 0 Å². The summed E-state index contributed by atoms with van der Waals surface area (Å²) in [4.78, 5) is 4.03. The summed E-state index contributed by atoms with van der Waals surface area (Å²) < 4.78 is 0. The van der Waals surface area contributed by atoms with E-state index < -0.39 is 0 Å². The van der Waals surface area contributed by atoms with Gasteiger partial charge in [0.2, 0.25) is 5.95 Å². The summed E-state index contributed by atoms with van der Waals surface area (Å²) >= 11 is 0. The monoisotopic (exact) mass is 189 g/mol. The molecule has 72 valence electrons. The Morgan fingerprint density at radius 2 is 2.00 bits per heavy atom. The first-order valence-electron chi connectivity index (χ1n) is 4.25. The Morgan fingerprint density at radius 3 is 2.50 bits per heavy atom. The molecule has 14 heavy (non-hydrogen) atoms. The summed E-state index contributed by atoms with van der Waals surface area (Å²) in [6.45, 7) is 0. The molecule has 0 unspecified atom stereocenters. The molecule has 0 bridgehead atoms. The van der Waals surface area contributed by atoms with E-state index in [4.69, 9.17) is 5.73 Å². The number of H-pyrrole nitrogens is 1. The zero-order valence-electron chi connectivity index (χ0n) is 7.78. The quantitative estimate of drug-likeness (QED) is 0.660. The van der Waals surface area contributed by atoms with E-state index >= 15 is 0 Å². The van der Waals surface area contributed by atoms with E-state index in [0.717, 1.165) is 11.3 Å². The number of nitrogens with two attached hydrogens (primary N) is 1. The van der Waals surface area contributed by atoms with E-state index in [-0.39, 0.29) is 5.95 Å². The van der Waals surface area contributed by atoms with Crippen molar-refractivity contribution in [1.82, 2.24) is 15.2 Å². The summed E-state index contributed by atoms with van der Waals surface area (Å²) in [7, 11) is 1.88. The Bertz CT molecular complexity index is 417. The van der Waals surface area contributed by atoms with Crippen LogP contribution in [-0.4, -0.2) is 22.2 Å². The molecule has 1 aromatic carbocycles. The molecule has 0 aliphatic rings. The topological polar surface area (TPSA) is 79.6 Å². The molecule has 1 aromatic heterocycles. The van der Waals surface area contributed by atoms with Crippen molar-refractivity contribution in [2.24, 2.45) is 0 Å². The molecule has 5 nitrogen and oxygen atoms in total. The second-order valence-corrected chi connectivity index (χ2v) is 2.87. The molecule has 0 saturated carbocycles. The average molecular weight is 189 g/mol. The van der Waals surface area contributed by atoms with Gasteiger partial charge in [-0.05, 0) is 24.3 Å². The van der Waals surface area contributed by atoms with Crippen LogP contribution >= 0.6 is 0 Å². The van der Waals surface area contributed by atoms with Crippen molar-refractivity contribution in [3.05, 3.63) is 24.3 Å². The minimum absolute atomic E-state index is 0.262. The minimum atomic E-state index is 0.262. The van der Waals surface area contributed by atoms with E-state index in [9.17, 15) is 0 Å². The first-order chi connectivity index (χ1) is 6.79. The zero-order chi connectivity index (χ0) is 9.97. The molecule has 0 saturated heterocycles. The van der Waals surface area contributed by atoms with Crippen molar-refractivity contribution in [2.75, 3.05) is 18.1 Å². The minimum Gasteiger partial charge on any atom is -0.388 e. The van der Waals surface area contributed by atoms with Gasteiger partial charge < -0.3 is 11.1 Å². The van der Waals surface area contributed by atoms with E-state index in [0.29, 0.717) is 5.82 Å². The Labute approximate surface area is 81.4 Å². The number of hydrogen-bond donors (Lipinski definition) is 3. The Hall–Kier alpha value is -2.04. The van der Waals surface area contributed by atoms with Crippen molar-refractivity contribution >= 4 is 11.6 Å². The van der Waals surface area contributed by atoms with Gasteiger partial charge in [0.15, 0.2) is 5.82 Å². The third-order valence-corrected chi connectivity index (χ3v) is 1.95. The van der Waals surface area contributed by atoms with Gasteiger partial charge in [-0.25, -0.2) is 0 Å². The molecule has 0 aliphatic carbocycles. The maximum absolute atomic E-state index is 5.41. The largest absolute Gasteiger partial charge is 0.388 e. The summed E-state index contributed by atoms with van der Waals surface area (Å²) in [6.07, 6.45) is 0. The number of anilines is 2. The Morgan fingerprint density at radius 1 is 1.29 bits per heavy atom. The highest BCUT2D eigenvalue weighted by Crippen LogP contribution is 2.17. The van der Waals surface area contributed by atoms with Crippen LogP contribution in [0.1, 0.15) is 0 Å². The van der Waals surface area contributed by atoms with Crippen LogP contribution in [0.15, 0.2) is 24.3 Å². The second kappa shape index (κ2) is 3.37. The third kappa shape index (κ3) is 1.52. The number of hydrogen-bond acceptors (Lipinski definition) is 4. The molecule has 2 rings (SSSR count). The van der Waals surface area contributed by atoms with Gasteiger partial charge in [-0.1, -0.05) is 0 Å². The Kier molecular flexibility index (Phi) is 2.06. The van der Waals surface area contributed by atoms with Crippen LogP contribution in [0.5, 0.6) is 0 Å². The molecule has 0 atom stereocenters. The summed E-state index contributed by atoms with van der Waals surface area (Å²) in [5.41, 5.74) is 7.43. The van der Waals surface area contributed by atoms with Crippen molar-refractivity contribution < 1.29 is 0 Å². The van der Waals surface area contributed by atoms with Crippen molar-refractivity contribution in [3.8, 4) is 11.4 Å². The standard InChI is InChI=1S/C9H11N5/c1-11-7-4-2-6(3-5-7)8-12-9(10)14-13-8/h2-5,11H,1H3,(H3,10,12,13,14). The third-order valence-electron chi connectivity index (χ3n) is 1.95. The molecule has 4 N–H and O–H groups in total. The van der Waals surface area contributed by atoms with Crippen LogP contribution in [0.3, 0.4) is 0 Å². The number of benzene rings is 1. The molecular formula is C9H11N5. The van der Waals surface area contributed by atoms with Gasteiger partial charge in [-0.2, -0.15) is 4.98 Å². The molecule has 0 spiro atoms. The van der Waals surface area contributed by atoms with Gasteiger partial charge in [0, 0.05) is 18.3 Å². The van der Waals surface area contributed by atoms with Crippen molar-refractivity contribution in [2.45, 2.75) is 0 Å². The number of nitrogens with one attached hydrogen (secondary N) is 2. The normalized spacial score (nSPS) is 10.1. The highest BCUT2D eigenvalue weighted by Gasteiger charge is 2.01. The lowest BCUT2D eigenvalue weighted by Gasteiger charge is -1.99. The fraction of sp³-hybridized carbons (Fsp3) is 0.111.